The van der Waals surface area contributed by atoms with Crippen molar-refractivity contribution in [3.8, 4) is 0 Å². The molecule has 1 rings (SSSR count). The number of carboxylic acids is 1. The molecule has 0 fully saturated rings. The Kier molecular flexibility index (Phi) is 6.53. The van der Waals surface area contributed by atoms with Gasteiger partial charge in [-0.1, -0.05) is 61.9 Å². The Bertz CT molecular complexity index is 484. The fourth-order valence-corrected chi connectivity index (χ4v) is 1.82. The van der Waals surface area contributed by atoms with E-state index in [1.807, 2.05) is 24.3 Å². The lowest BCUT2D eigenvalue weighted by Crippen LogP contribution is -2.01. The Balaban J connectivity index is 2.49. The van der Waals surface area contributed by atoms with E-state index in [1.165, 1.54) is 0 Å². The van der Waals surface area contributed by atoms with Gasteiger partial charge in [-0.2, -0.15) is 0 Å². The summed E-state index contributed by atoms with van der Waals surface area (Å²) in [5.41, 5.74) is 1.06. The van der Waals surface area contributed by atoms with Crippen LogP contribution in [0.2, 0.25) is 5.02 Å². The highest BCUT2D eigenvalue weighted by Crippen LogP contribution is 2.22. The summed E-state index contributed by atoms with van der Waals surface area (Å²) >= 11 is 5.85. The van der Waals surface area contributed by atoms with Gasteiger partial charge in [0.1, 0.15) is 0 Å². The zero-order valence-electron chi connectivity index (χ0n) is 12.0. The van der Waals surface area contributed by atoms with Gasteiger partial charge in [-0.15, -0.1) is 0 Å². The molecule has 0 heterocycles. The summed E-state index contributed by atoms with van der Waals surface area (Å²) in [6.07, 6.45) is 10.1. The average Bonchev–Trinajstić information content (AvgIpc) is 2.37. The number of rotatable bonds is 7. The van der Waals surface area contributed by atoms with Crippen LogP contribution < -0.4 is 0 Å². The van der Waals surface area contributed by atoms with E-state index < -0.39 is 5.97 Å². The SMILES string of the molecule is CC(C)(/C=C/CCCC(=O)O)/C=C/c1ccc(Cl)cc1. The van der Waals surface area contributed by atoms with Gasteiger partial charge in [0.25, 0.3) is 0 Å². The van der Waals surface area contributed by atoms with Crippen LogP contribution >= 0.6 is 11.6 Å². The van der Waals surface area contributed by atoms with Crippen molar-refractivity contribution in [2.24, 2.45) is 5.41 Å². The Morgan fingerprint density at radius 1 is 1.25 bits per heavy atom. The van der Waals surface area contributed by atoms with Crippen LogP contribution in [0.1, 0.15) is 38.7 Å². The van der Waals surface area contributed by atoms with Crippen LogP contribution in [-0.4, -0.2) is 11.1 Å². The van der Waals surface area contributed by atoms with Crippen LogP contribution in [0.3, 0.4) is 0 Å². The Morgan fingerprint density at radius 3 is 2.50 bits per heavy atom. The predicted molar refractivity (Wildman–Crippen MR) is 84.9 cm³/mol. The molecule has 0 atom stereocenters. The van der Waals surface area contributed by atoms with Crippen molar-refractivity contribution in [1.29, 1.82) is 0 Å². The lowest BCUT2D eigenvalue weighted by atomic mass is 9.91. The largest absolute Gasteiger partial charge is 0.481 e. The quantitative estimate of drug-likeness (QED) is 0.554. The van der Waals surface area contributed by atoms with E-state index in [-0.39, 0.29) is 11.8 Å². The second-order valence-electron chi connectivity index (χ2n) is 5.39. The van der Waals surface area contributed by atoms with Crippen LogP contribution in [0.15, 0.2) is 42.5 Å². The third kappa shape index (κ3) is 7.15. The number of halogens is 1. The smallest absolute Gasteiger partial charge is 0.303 e. The molecule has 0 unspecified atom stereocenters. The molecule has 0 spiro atoms. The average molecular weight is 293 g/mol. The third-order valence-electron chi connectivity index (χ3n) is 2.88. The number of unbranched alkanes of at least 4 members (excludes halogenated alkanes) is 1. The normalized spacial score (nSPS) is 12.3. The highest BCUT2D eigenvalue weighted by molar-refractivity contribution is 6.30. The van der Waals surface area contributed by atoms with Crippen LogP contribution in [0.5, 0.6) is 0 Å². The monoisotopic (exact) mass is 292 g/mol. The van der Waals surface area contributed by atoms with E-state index in [1.54, 1.807) is 0 Å². The Labute approximate surface area is 125 Å². The Hall–Kier alpha value is -1.54. The minimum atomic E-state index is -0.736. The van der Waals surface area contributed by atoms with Gasteiger partial charge in [0.05, 0.1) is 0 Å². The first kappa shape index (κ1) is 16.5. The van der Waals surface area contributed by atoms with Crippen LogP contribution in [-0.2, 0) is 4.79 Å². The fourth-order valence-electron chi connectivity index (χ4n) is 1.70. The zero-order valence-corrected chi connectivity index (χ0v) is 12.7. The molecule has 0 aliphatic rings. The van der Waals surface area contributed by atoms with Crippen molar-refractivity contribution >= 4 is 23.6 Å². The Morgan fingerprint density at radius 2 is 1.90 bits per heavy atom. The van der Waals surface area contributed by atoms with Gasteiger partial charge in [0, 0.05) is 16.9 Å². The summed E-state index contributed by atoms with van der Waals surface area (Å²) in [5, 5.41) is 9.29. The maximum absolute atomic E-state index is 10.4. The zero-order chi connectivity index (χ0) is 15.0. The lowest BCUT2D eigenvalue weighted by Gasteiger charge is -2.14. The fraction of sp³-hybridized carbons (Fsp3) is 0.353. The number of aliphatic carboxylic acids is 1. The number of carboxylic acid groups (broad SMARTS) is 1. The highest BCUT2D eigenvalue weighted by Gasteiger charge is 2.08. The molecule has 1 aromatic rings. The van der Waals surface area contributed by atoms with Gasteiger partial charge in [-0.3, -0.25) is 4.79 Å². The number of benzene rings is 1. The summed E-state index contributed by atoms with van der Waals surface area (Å²) in [4.78, 5) is 10.4. The summed E-state index contributed by atoms with van der Waals surface area (Å²) in [5.74, 6) is -0.736. The van der Waals surface area contributed by atoms with Crippen LogP contribution in [0.25, 0.3) is 6.08 Å². The van der Waals surface area contributed by atoms with Gasteiger partial charge in [-0.05, 0) is 30.5 Å². The van der Waals surface area contributed by atoms with Crippen molar-refractivity contribution < 1.29 is 9.90 Å². The van der Waals surface area contributed by atoms with Gasteiger partial charge in [0.15, 0.2) is 0 Å². The van der Waals surface area contributed by atoms with Crippen LogP contribution in [0, 0.1) is 5.41 Å². The van der Waals surface area contributed by atoms with E-state index in [0.717, 1.165) is 17.0 Å². The number of hydrogen-bond acceptors (Lipinski definition) is 1. The van der Waals surface area contributed by atoms with Gasteiger partial charge in [-0.25, -0.2) is 0 Å². The molecule has 108 valence electrons. The molecule has 0 saturated heterocycles. The standard InChI is InChI=1S/C17H21ClO2/c1-17(2,12-5-3-4-6-16(19)20)13-11-14-7-9-15(18)10-8-14/h5,7-13H,3-4,6H2,1-2H3,(H,19,20)/b12-5+,13-11+. The summed E-state index contributed by atoms with van der Waals surface area (Å²) in [7, 11) is 0. The first-order valence-electron chi connectivity index (χ1n) is 6.73. The first-order chi connectivity index (χ1) is 9.39. The van der Waals surface area contributed by atoms with Crippen LogP contribution in [0.4, 0.5) is 0 Å². The van der Waals surface area contributed by atoms with Crippen molar-refractivity contribution in [2.75, 3.05) is 0 Å². The molecule has 0 aromatic heterocycles. The number of hydrogen-bond donors (Lipinski definition) is 1. The third-order valence-corrected chi connectivity index (χ3v) is 3.14. The minimum Gasteiger partial charge on any atom is -0.481 e. The van der Waals surface area contributed by atoms with E-state index in [9.17, 15) is 4.79 Å². The second-order valence-corrected chi connectivity index (χ2v) is 5.83. The summed E-state index contributed by atoms with van der Waals surface area (Å²) < 4.78 is 0. The van der Waals surface area contributed by atoms with E-state index in [4.69, 9.17) is 16.7 Å². The van der Waals surface area contributed by atoms with E-state index in [2.05, 4.69) is 38.2 Å². The molecule has 3 heteroatoms. The predicted octanol–water partition coefficient (Wildman–Crippen LogP) is 5.19. The van der Waals surface area contributed by atoms with Crippen molar-refractivity contribution in [3.63, 3.8) is 0 Å². The number of carbonyl (C=O) groups is 1. The second kappa shape index (κ2) is 7.91. The molecule has 0 bridgehead atoms. The molecule has 0 aliphatic heterocycles. The molecule has 1 aromatic carbocycles. The van der Waals surface area contributed by atoms with Gasteiger partial charge >= 0.3 is 5.97 Å². The maximum atomic E-state index is 10.4. The molecular formula is C17H21ClO2. The molecule has 20 heavy (non-hydrogen) atoms. The summed E-state index contributed by atoms with van der Waals surface area (Å²) in [6, 6.07) is 7.70. The molecular weight excluding hydrogens is 272 g/mol. The topological polar surface area (TPSA) is 37.3 Å². The maximum Gasteiger partial charge on any atom is 0.303 e. The van der Waals surface area contributed by atoms with Gasteiger partial charge in [0.2, 0.25) is 0 Å². The van der Waals surface area contributed by atoms with Gasteiger partial charge < -0.3 is 5.11 Å². The molecule has 0 saturated carbocycles. The first-order valence-corrected chi connectivity index (χ1v) is 7.11. The molecule has 0 radical (unpaired) electrons. The van der Waals surface area contributed by atoms with E-state index in [0.29, 0.717) is 6.42 Å². The molecule has 0 aliphatic carbocycles. The molecule has 2 nitrogen and oxygen atoms in total. The molecule has 0 amide bonds. The number of allylic oxidation sites excluding steroid dienone is 3. The summed E-state index contributed by atoms with van der Waals surface area (Å²) in [6.45, 7) is 4.24. The van der Waals surface area contributed by atoms with Crippen molar-refractivity contribution in [2.45, 2.75) is 33.1 Å². The van der Waals surface area contributed by atoms with Crippen molar-refractivity contribution in [3.05, 3.63) is 53.1 Å². The van der Waals surface area contributed by atoms with Crippen molar-refractivity contribution in [1.82, 2.24) is 0 Å². The highest BCUT2D eigenvalue weighted by atomic mass is 35.5. The minimum absolute atomic E-state index is 0.0527. The van der Waals surface area contributed by atoms with E-state index >= 15 is 0 Å². The lowest BCUT2D eigenvalue weighted by molar-refractivity contribution is -0.137. The molecule has 1 N–H and O–H groups in total.